The van der Waals surface area contributed by atoms with Crippen LogP contribution in [0.3, 0.4) is 0 Å². The average molecular weight is 412 g/mol. The molecule has 2 aromatic rings. The minimum Gasteiger partial charge on any atom is -0.493 e. The standard InChI is InChI=1S/C15H13Cl2F2NO4S/c1-23-12-7-9(5-6-11(12)24-15(18)19)8-20-25(21,22)13-4-2-3-10(16)14(13)17/h2-7,15,20H,8H2,1H3. The van der Waals surface area contributed by atoms with Gasteiger partial charge < -0.3 is 9.47 Å². The van der Waals surface area contributed by atoms with Crippen molar-refractivity contribution in [2.45, 2.75) is 18.1 Å². The Morgan fingerprint density at radius 3 is 2.52 bits per heavy atom. The molecule has 0 radical (unpaired) electrons. The largest absolute Gasteiger partial charge is 0.493 e. The first-order chi connectivity index (χ1) is 11.7. The lowest BCUT2D eigenvalue weighted by molar-refractivity contribution is -0.0512. The third kappa shape index (κ3) is 4.94. The highest BCUT2D eigenvalue weighted by Crippen LogP contribution is 2.31. The van der Waals surface area contributed by atoms with E-state index < -0.39 is 16.6 Å². The summed E-state index contributed by atoms with van der Waals surface area (Å²) in [5, 5.41) is 0.0228. The Morgan fingerprint density at radius 2 is 1.88 bits per heavy atom. The lowest BCUT2D eigenvalue weighted by Gasteiger charge is -2.12. The van der Waals surface area contributed by atoms with Gasteiger partial charge in [-0.05, 0) is 29.8 Å². The van der Waals surface area contributed by atoms with E-state index in [2.05, 4.69) is 9.46 Å². The molecule has 0 aliphatic carbocycles. The van der Waals surface area contributed by atoms with E-state index in [1.54, 1.807) is 0 Å². The predicted octanol–water partition coefficient (Wildman–Crippen LogP) is 4.08. The number of ether oxygens (including phenoxy) is 2. The van der Waals surface area contributed by atoms with E-state index in [9.17, 15) is 17.2 Å². The lowest BCUT2D eigenvalue weighted by Crippen LogP contribution is -2.23. The van der Waals surface area contributed by atoms with Gasteiger partial charge in [0.2, 0.25) is 10.0 Å². The fraction of sp³-hybridized carbons (Fsp3) is 0.200. The summed E-state index contributed by atoms with van der Waals surface area (Å²) in [5.74, 6) is -0.0974. The Balaban J connectivity index is 2.19. The van der Waals surface area contributed by atoms with Gasteiger partial charge in [-0.25, -0.2) is 13.1 Å². The van der Waals surface area contributed by atoms with Crippen LogP contribution >= 0.6 is 23.2 Å². The van der Waals surface area contributed by atoms with Gasteiger partial charge in [-0.1, -0.05) is 35.3 Å². The summed E-state index contributed by atoms with van der Waals surface area (Å²) in [4.78, 5) is -0.161. The van der Waals surface area contributed by atoms with Crippen molar-refractivity contribution in [2.75, 3.05) is 7.11 Å². The second-order valence-electron chi connectivity index (χ2n) is 4.74. The molecule has 0 aliphatic rings. The van der Waals surface area contributed by atoms with E-state index in [0.29, 0.717) is 5.56 Å². The molecule has 2 rings (SSSR count). The highest BCUT2D eigenvalue weighted by atomic mass is 35.5. The van der Waals surface area contributed by atoms with Crippen LogP contribution in [0, 0.1) is 0 Å². The Kier molecular flexibility index (Phi) is 6.45. The molecule has 136 valence electrons. The molecule has 0 saturated heterocycles. The molecule has 0 atom stereocenters. The van der Waals surface area contributed by atoms with Crippen LogP contribution in [0.1, 0.15) is 5.56 Å². The minimum absolute atomic E-state index is 0.0535. The molecule has 0 spiro atoms. The van der Waals surface area contributed by atoms with Gasteiger partial charge in [0.05, 0.1) is 17.2 Å². The van der Waals surface area contributed by atoms with E-state index in [0.717, 1.165) is 0 Å². The minimum atomic E-state index is -3.92. The highest BCUT2D eigenvalue weighted by Gasteiger charge is 2.19. The maximum atomic E-state index is 12.3. The van der Waals surface area contributed by atoms with Crippen LogP contribution in [0.25, 0.3) is 0 Å². The lowest BCUT2D eigenvalue weighted by atomic mass is 10.2. The van der Waals surface area contributed by atoms with E-state index in [-0.39, 0.29) is 33.0 Å². The fourth-order valence-corrected chi connectivity index (χ4v) is 3.74. The van der Waals surface area contributed by atoms with Crippen molar-refractivity contribution < 1.29 is 26.7 Å². The predicted molar refractivity (Wildman–Crippen MR) is 90.1 cm³/mol. The van der Waals surface area contributed by atoms with Crippen LogP contribution in [-0.4, -0.2) is 22.1 Å². The molecule has 10 heteroatoms. The van der Waals surface area contributed by atoms with Crippen molar-refractivity contribution in [2.24, 2.45) is 0 Å². The second kappa shape index (κ2) is 8.18. The number of benzene rings is 2. The zero-order valence-corrected chi connectivity index (χ0v) is 15.1. The number of halogens is 4. The van der Waals surface area contributed by atoms with Gasteiger partial charge in [0, 0.05) is 6.54 Å². The molecule has 5 nitrogen and oxygen atoms in total. The van der Waals surface area contributed by atoms with Crippen LogP contribution < -0.4 is 14.2 Å². The van der Waals surface area contributed by atoms with Crippen molar-refractivity contribution in [1.29, 1.82) is 0 Å². The Bertz CT molecular complexity index is 863. The average Bonchev–Trinajstić information content (AvgIpc) is 2.55. The number of nitrogens with one attached hydrogen (secondary N) is 1. The van der Waals surface area contributed by atoms with Gasteiger partial charge in [0.15, 0.2) is 11.5 Å². The van der Waals surface area contributed by atoms with Gasteiger partial charge >= 0.3 is 6.61 Å². The Hall–Kier alpha value is -1.61. The van der Waals surface area contributed by atoms with Crippen LogP contribution in [0.4, 0.5) is 8.78 Å². The first kappa shape index (κ1) is 19.7. The van der Waals surface area contributed by atoms with Gasteiger partial charge in [-0.2, -0.15) is 8.78 Å². The number of hydrogen-bond donors (Lipinski definition) is 1. The summed E-state index contributed by atoms with van der Waals surface area (Å²) >= 11 is 11.7. The normalized spacial score (nSPS) is 11.6. The molecule has 0 heterocycles. The molecule has 0 unspecified atom stereocenters. The summed E-state index contributed by atoms with van der Waals surface area (Å²) in [7, 11) is -2.63. The van der Waals surface area contributed by atoms with E-state index in [1.165, 1.54) is 43.5 Å². The van der Waals surface area contributed by atoms with Crippen LogP contribution in [0.5, 0.6) is 11.5 Å². The molecule has 0 amide bonds. The Morgan fingerprint density at radius 1 is 1.16 bits per heavy atom. The van der Waals surface area contributed by atoms with Gasteiger partial charge in [-0.15, -0.1) is 0 Å². The molecule has 0 bridgehead atoms. The molecule has 0 fully saturated rings. The van der Waals surface area contributed by atoms with E-state index >= 15 is 0 Å². The number of rotatable bonds is 7. The summed E-state index contributed by atoms with van der Waals surface area (Å²) < 4.78 is 60.9. The highest BCUT2D eigenvalue weighted by molar-refractivity contribution is 7.89. The molecule has 0 aliphatic heterocycles. The van der Waals surface area contributed by atoms with Gasteiger partial charge in [-0.3, -0.25) is 0 Å². The SMILES string of the molecule is COc1cc(CNS(=O)(=O)c2cccc(Cl)c2Cl)ccc1OC(F)F. The first-order valence-corrected chi connectivity index (χ1v) is 9.04. The Labute approximate surface area is 153 Å². The topological polar surface area (TPSA) is 64.6 Å². The van der Waals surface area contributed by atoms with Gasteiger partial charge in [0.1, 0.15) is 4.90 Å². The molecule has 1 N–H and O–H groups in total. The van der Waals surface area contributed by atoms with Crippen molar-refractivity contribution in [3.8, 4) is 11.5 Å². The van der Waals surface area contributed by atoms with E-state index in [4.69, 9.17) is 27.9 Å². The quantitative estimate of drug-likeness (QED) is 0.745. The number of methoxy groups -OCH3 is 1. The fourth-order valence-electron chi connectivity index (χ4n) is 1.96. The number of hydrogen-bond acceptors (Lipinski definition) is 4. The maximum absolute atomic E-state index is 12.3. The number of sulfonamides is 1. The third-order valence-corrected chi connectivity index (χ3v) is 5.49. The third-order valence-electron chi connectivity index (χ3n) is 3.12. The van der Waals surface area contributed by atoms with Crippen LogP contribution in [-0.2, 0) is 16.6 Å². The van der Waals surface area contributed by atoms with Crippen molar-refractivity contribution in [1.82, 2.24) is 4.72 Å². The van der Waals surface area contributed by atoms with Crippen molar-refractivity contribution in [3.63, 3.8) is 0 Å². The zero-order valence-electron chi connectivity index (χ0n) is 12.8. The number of alkyl halides is 2. The van der Waals surface area contributed by atoms with E-state index in [1.807, 2.05) is 0 Å². The summed E-state index contributed by atoms with van der Waals surface area (Å²) in [6.07, 6.45) is 0. The molecular formula is C15H13Cl2F2NO4S. The van der Waals surface area contributed by atoms with Crippen molar-refractivity contribution >= 4 is 33.2 Å². The smallest absolute Gasteiger partial charge is 0.387 e. The maximum Gasteiger partial charge on any atom is 0.387 e. The summed E-state index contributed by atoms with van der Waals surface area (Å²) in [6, 6.07) is 8.33. The summed E-state index contributed by atoms with van der Waals surface area (Å²) in [5.41, 5.74) is 0.472. The molecular weight excluding hydrogens is 399 g/mol. The first-order valence-electron chi connectivity index (χ1n) is 6.80. The second-order valence-corrected chi connectivity index (χ2v) is 7.26. The zero-order chi connectivity index (χ0) is 18.6. The molecule has 2 aromatic carbocycles. The molecule has 25 heavy (non-hydrogen) atoms. The monoisotopic (exact) mass is 411 g/mol. The van der Waals surface area contributed by atoms with Gasteiger partial charge in [0.25, 0.3) is 0 Å². The van der Waals surface area contributed by atoms with Crippen molar-refractivity contribution in [3.05, 3.63) is 52.0 Å². The summed E-state index contributed by atoms with van der Waals surface area (Å²) in [6.45, 7) is -3.11. The van der Waals surface area contributed by atoms with Crippen LogP contribution in [0.15, 0.2) is 41.3 Å². The molecule has 0 aromatic heterocycles. The van der Waals surface area contributed by atoms with Crippen LogP contribution in [0.2, 0.25) is 10.0 Å². The molecule has 0 saturated carbocycles.